The number of hydrogen-bond donors (Lipinski definition) is 0. The fraction of sp³-hybridized carbons (Fsp3) is 0.360. The van der Waals surface area contributed by atoms with Crippen LogP contribution < -0.4 is 0 Å². The molecule has 1 fully saturated rings. The van der Waals surface area contributed by atoms with Crippen LogP contribution in [0.5, 0.6) is 0 Å². The fourth-order valence-electron chi connectivity index (χ4n) is 4.04. The van der Waals surface area contributed by atoms with E-state index in [0.29, 0.717) is 17.5 Å². The number of rotatable bonds is 8. The zero-order chi connectivity index (χ0) is 22.5. The fourth-order valence-corrected chi connectivity index (χ4v) is 4.84. The van der Waals surface area contributed by atoms with Crippen molar-refractivity contribution in [2.75, 3.05) is 13.1 Å². The average Bonchev–Trinajstić information content (AvgIpc) is 3.47. The van der Waals surface area contributed by atoms with Crippen molar-refractivity contribution in [3.05, 3.63) is 77.4 Å². The Morgan fingerprint density at radius 3 is 2.48 bits per heavy atom. The Balaban J connectivity index is 1.32. The van der Waals surface area contributed by atoms with Gasteiger partial charge < -0.3 is 9.09 Å². The molecule has 0 radical (unpaired) electrons. The summed E-state index contributed by atoms with van der Waals surface area (Å²) < 4.78 is 7.72. The number of hydrogen-bond acceptors (Lipinski definition) is 7. The minimum absolute atomic E-state index is 0.544. The third-order valence-corrected chi connectivity index (χ3v) is 6.85. The topological polar surface area (TPSA) is 72.9 Å². The maximum absolute atomic E-state index is 5.49. The molecule has 1 aliphatic rings. The van der Waals surface area contributed by atoms with Crippen molar-refractivity contribution >= 4 is 11.8 Å². The van der Waals surface area contributed by atoms with Crippen LogP contribution in [0.4, 0.5) is 0 Å². The van der Waals surface area contributed by atoms with Gasteiger partial charge in [0.1, 0.15) is 5.82 Å². The SMILES string of the molecule is Cc1ccc(-c2nc(CSc3nnc(CN4CCCCC4)n3Cc3ccccc3)no2)cc1. The normalized spacial score (nSPS) is 14.6. The van der Waals surface area contributed by atoms with Gasteiger partial charge in [-0.2, -0.15) is 4.98 Å². The summed E-state index contributed by atoms with van der Waals surface area (Å²) in [6.07, 6.45) is 3.84. The minimum atomic E-state index is 0.544. The van der Waals surface area contributed by atoms with E-state index in [1.807, 2.05) is 30.3 Å². The summed E-state index contributed by atoms with van der Waals surface area (Å²) >= 11 is 1.60. The average molecular weight is 461 g/mol. The van der Waals surface area contributed by atoms with Crippen LogP contribution >= 0.6 is 11.8 Å². The molecule has 0 amide bonds. The molecule has 8 heteroatoms. The largest absolute Gasteiger partial charge is 0.334 e. The molecular formula is C25H28N6OS. The van der Waals surface area contributed by atoms with Crippen LogP contribution in [-0.4, -0.2) is 42.9 Å². The van der Waals surface area contributed by atoms with E-state index in [2.05, 4.69) is 61.0 Å². The lowest BCUT2D eigenvalue weighted by atomic mass is 10.1. The Kier molecular flexibility index (Phi) is 6.83. The molecule has 1 aliphatic heterocycles. The van der Waals surface area contributed by atoms with E-state index in [1.54, 1.807) is 11.8 Å². The predicted molar refractivity (Wildman–Crippen MR) is 129 cm³/mol. The summed E-state index contributed by atoms with van der Waals surface area (Å²) in [4.78, 5) is 7.06. The summed E-state index contributed by atoms with van der Waals surface area (Å²) in [7, 11) is 0. The molecule has 0 saturated carbocycles. The first kappa shape index (κ1) is 21.9. The van der Waals surface area contributed by atoms with E-state index in [0.717, 1.165) is 42.7 Å². The van der Waals surface area contributed by atoms with Crippen LogP contribution in [0.3, 0.4) is 0 Å². The number of piperidine rings is 1. The third kappa shape index (κ3) is 5.51. The van der Waals surface area contributed by atoms with Gasteiger partial charge in [-0.05, 0) is 50.6 Å². The van der Waals surface area contributed by atoms with Crippen LogP contribution in [0, 0.1) is 6.92 Å². The maximum atomic E-state index is 5.49. The van der Waals surface area contributed by atoms with Gasteiger partial charge in [0.2, 0.25) is 0 Å². The molecule has 0 unspecified atom stereocenters. The van der Waals surface area contributed by atoms with Crippen LogP contribution in [0.2, 0.25) is 0 Å². The number of aryl methyl sites for hydroxylation is 1. The Morgan fingerprint density at radius 2 is 1.70 bits per heavy atom. The van der Waals surface area contributed by atoms with Gasteiger partial charge in [-0.1, -0.05) is 71.4 Å². The van der Waals surface area contributed by atoms with Crippen molar-refractivity contribution in [2.24, 2.45) is 0 Å². The molecule has 0 N–H and O–H groups in total. The van der Waals surface area contributed by atoms with Crippen molar-refractivity contribution in [3.8, 4) is 11.5 Å². The summed E-state index contributed by atoms with van der Waals surface area (Å²) in [5.74, 6) is 2.78. The molecule has 7 nitrogen and oxygen atoms in total. The van der Waals surface area contributed by atoms with E-state index in [4.69, 9.17) is 4.52 Å². The highest BCUT2D eigenvalue weighted by atomic mass is 32.2. The molecule has 170 valence electrons. The first-order chi connectivity index (χ1) is 16.2. The van der Waals surface area contributed by atoms with Crippen molar-refractivity contribution in [2.45, 2.75) is 50.2 Å². The number of likely N-dealkylation sites (tertiary alicyclic amines) is 1. The van der Waals surface area contributed by atoms with Crippen LogP contribution in [-0.2, 0) is 18.8 Å². The summed E-state index contributed by atoms with van der Waals surface area (Å²) in [5.41, 5.74) is 3.37. The first-order valence-electron chi connectivity index (χ1n) is 11.5. The Hall–Kier alpha value is -2.97. The second kappa shape index (κ2) is 10.3. The number of nitrogens with zero attached hydrogens (tertiary/aromatic N) is 6. The zero-order valence-corrected chi connectivity index (χ0v) is 19.7. The van der Waals surface area contributed by atoms with E-state index < -0.39 is 0 Å². The molecule has 33 heavy (non-hydrogen) atoms. The molecule has 0 spiro atoms. The molecule has 5 rings (SSSR count). The summed E-state index contributed by atoms with van der Waals surface area (Å²) in [6.45, 7) is 5.90. The highest BCUT2D eigenvalue weighted by Crippen LogP contribution is 2.25. The van der Waals surface area contributed by atoms with Crippen LogP contribution in [0.15, 0.2) is 64.3 Å². The van der Waals surface area contributed by atoms with Gasteiger partial charge in [-0.15, -0.1) is 10.2 Å². The van der Waals surface area contributed by atoms with Gasteiger partial charge >= 0.3 is 0 Å². The summed E-state index contributed by atoms with van der Waals surface area (Å²) in [6, 6.07) is 18.6. The number of thioether (sulfide) groups is 1. The van der Waals surface area contributed by atoms with Gasteiger partial charge in [0.25, 0.3) is 5.89 Å². The van der Waals surface area contributed by atoms with Gasteiger partial charge in [0.15, 0.2) is 11.0 Å². The van der Waals surface area contributed by atoms with Crippen molar-refractivity contribution in [1.29, 1.82) is 0 Å². The zero-order valence-electron chi connectivity index (χ0n) is 18.9. The highest BCUT2D eigenvalue weighted by Gasteiger charge is 2.19. The van der Waals surface area contributed by atoms with Crippen LogP contribution in [0.1, 0.15) is 42.0 Å². The van der Waals surface area contributed by atoms with Gasteiger partial charge in [0, 0.05) is 5.56 Å². The standard InChI is InChI=1S/C25H28N6OS/c1-19-10-12-21(13-11-19)24-26-22(29-32-24)18-33-25-28-27-23(17-30-14-6-3-7-15-30)31(25)16-20-8-4-2-5-9-20/h2,4-5,8-13H,3,6-7,14-18H2,1H3. The van der Waals surface area contributed by atoms with E-state index >= 15 is 0 Å². The highest BCUT2D eigenvalue weighted by molar-refractivity contribution is 7.98. The van der Waals surface area contributed by atoms with Gasteiger partial charge in [-0.3, -0.25) is 4.90 Å². The lowest BCUT2D eigenvalue weighted by molar-refractivity contribution is 0.213. The smallest absolute Gasteiger partial charge is 0.257 e. The molecule has 0 atom stereocenters. The van der Waals surface area contributed by atoms with E-state index in [-0.39, 0.29) is 0 Å². The number of aromatic nitrogens is 5. The molecule has 2 aromatic heterocycles. The molecule has 0 bridgehead atoms. The molecule has 1 saturated heterocycles. The summed E-state index contributed by atoms with van der Waals surface area (Å²) in [5, 5.41) is 14.2. The van der Waals surface area contributed by atoms with E-state index in [1.165, 1.54) is 30.4 Å². The molecule has 3 heterocycles. The van der Waals surface area contributed by atoms with Gasteiger partial charge in [-0.25, -0.2) is 0 Å². The number of benzene rings is 2. The first-order valence-corrected chi connectivity index (χ1v) is 12.4. The van der Waals surface area contributed by atoms with Gasteiger partial charge in [0.05, 0.1) is 18.8 Å². The third-order valence-electron chi connectivity index (χ3n) is 5.89. The minimum Gasteiger partial charge on any atom is -0.334 e. The van der Waals surface area contributed by atoms with Crippen molar-refractivity contribution in [1.82, 2.24) is 29.8 Å². The lowest BCUT2D eigenvalue weighted by Gasteiger charge is -2.26. The molecule has 4 aromatic rings. The Labute approximate surface area is 198 Å². The monoisotopic (exact) mass is 460 g/mol. The molecule has 2 aromatic carbocycles. The second-order valence-electron chi connectivity index (χ2n) is 8.48. The van der Waals surface area contributed by atoms with Crippen molar-refractivity contribution < 1.29 is 4.52 Å². The Morgan fingerprint density at radius 1 is 0.909 bits per heavy atom. The maximum Gasteiger partial charge on any atom is 0.257 e. The van der Waals surface area contributed by atoms with Crippen molar-refractivity contribution in [3.63, 3.8) is 0 Å². The quantitative estimate of drug-likeness (QED) is 0.344. The lowest BCUT2D eigenvalue weighted by Crippen LogP contribution is -2.30. The molecule has 0 aliphatic carbocycles. The van der Waals surface area contributed by atoms with E-state index in [9.17, 15) is 0 Å². The van der Waals surface area contributed by atoms with Crippen LogP contribution in [0.25, 0.3) is 11.5 Å². The predicted octanol–water partition coefficient (Wildman–Crippen LogP) is 4.96. The Bertz CT molecular complexity index is 1170. The molecular weight excluding hydrogens is 432 g/mol. The second-order valence-corrected chi connectivity index (χ2v) is 9.42.